The van der Waals surface area contributed by atoms with Gasteiger partial charge in [0.15, 0.2) is 0 Å². The normalized spacial score (nSPS) is 13.5. The van der Waals surface area contributed by atoms with E-state index in [0.717, 1.165) is 5.56 Å². The van der Waals surface area contributed by atoms with Crippen LogP contribution in [0.25, 0.3) is 10.1 Å². The van der Waals surface area contributed by atoms with Gasteiger partial charge in [0.05, 0.1) is 4.90 Å². The predicted octanol–water partition coefficient (Wildman–Crippen LogP) is 3.48. The van der Waals surface area contributed by atoms with E-state index in [9.17, 15) is 8.42 Å². The molecule has 0 unspecified atom stereocenters. The van der Waals surface area contributed by atoms with Crippen LogP contribution in [0.2, 0.25) is 0 Å². The first kappa shape index (κ1) is 17.1. The number of benzene rings is 2. The molecule has 0 aliphatic rings. The SMILES string of the molecule is CN(C)[C@H](CNS(=O)(=O)c1ccccc1)c1csc2ccccc12. The van der Waals surface area contributed by atoms with E-state index in [1.165, 1.54) is 10.1 Å². The molecule has 3 aromatic rings. The maximum Gasteiger partial charge on any atom is 0.240 e. The molecule has 3 rings (SSSR count). The quantitative estimate of drug-likeness (QED) is 0.732. The standard InChI is InChI=1S/C18H20N2O2S2/c1-20(2)17(16-13-23-18-11-7-6-10-15(16)18)12-19-24(21,22)14-8-4-3-5-9-14/h3-11,13,17,19H,12H2,1-2H3/t17-/m1/s1. The molecule has 126 valence electrons. The molecule has 1 heterocycles. The highest BCUT2D eigenvalue weighted by Crippen LogP contribution is 2.32. The zero-order chi connectivity index (χ0) is 17.2. The maximum atomic E-state index is 12.5. The van der Waals surface area contributed by atoms with Crippen LogP contribution in [0.15, 0.2) is 64.9 Å². The summed E-state index contributed by atoms with van der Waals surface area (Å²) in [6.07, 6.45) is 0. The Morgan fingerprint density at radius 1 is 1.04 bits per heavy atom. The topological polar surface area (TPSA) is 49.4 Å². The second-order valence-corrected chi connectivity index (χ2v) is 8.51. The maximum absolute atomic E-state index is 12.5. The summed E-state index contributed by atoms with van der Waals surface area (Å²) in [6.45, 7) is 0.324. The third kappa shape index (κ3) is 3.52. The molecule has 1 N–H and O–H groups in total. The van der Waals surface area contributed by atoms with Gasteiger partial charge in [-0.05, 0) is 48.6 Å². The van der Waals surface area contributed by atoms with E-state index in [-0.39, 0.29) is 10.9 Å². The summed E-state index contributed by atoms with van der Waals surface area (Å²) in [7, 11) is 0.426. The highest BCUT2D eigenvalue weighted by atomic mass is 32.2. The van der Waals surface area contributed by atoms with Gasteiger partial charge in [-0.1, -0.05) is 36.4 Å². The monoisotopic (exact) mass is 360 g/mol. The summed E-state index contributed by atoms with van der Waals surface area (Å²) in [4.78, 5) is 2.33. The van der Waals surface area contributed by atoms with Gasteiger partial charge in [0.1, 0.15) is 0 Å². The highest BCUT2D eigenvalue weighted by molar-refractivity contribution is 7.89. The molecule has 0 fully saturated rings. The van der Waals surface area contributed by atoms with E-state index in [0.29, 0.717) is 6.54 Å². The number of nitrogens with one attached hydrogen (secondary N) is 1. The number of hydrogen-bond acceptors (Lipinski definition) is 4. The minimum Gasteiger partial charge on any atom is -0.301 e. The second kappa shape index (κ2) is 7.03. The molecular formula is C18H20N2O2S2. The van der Waals surface area contributed by atoms with Gasteiger partial charge < -0.3 is 4.90 Å². The third-order valence-electron chi connectivity index (χ3n) is 4.01. The molecule has 0 saturated carbocycles. The summed E-state index contributed by atoms with van der Waals surface area (Å²) in [6, 6.07) is 16.6. The van der Waals surface area contributed by atoms with Crippen molar-refractivity contribution in [3.05, 3.63) is 65.5 Å². The molecular weight excluding hydrogens is 340 g/mol. The molecule has 0 radical (unpaired) electrons. The highest BCUT2D eigenvalue weighted by Gasteiger charge is 2.21. The summed E-state index contributed by atoms with van der Waals surface area (Å²) < 4.78 is 28.9. The smallest absolute Gasteiger partial charge is 0.240 e. The van der Waals surface area contributed by atoms with Gasteiger partial charge in [-0.2, -0.15) is 0 Å². The van der Waals surface area contributed by atoms with Crippen LogP contribution in [0, 0.1) is 0 Å². The molecule has 2 aromatic carbocycles. The Labute approximate surface area is 146 Å². The summed E-state index contributed by atoms with van der Waals surface area (Å²) in [5, 5.41) is 3.30. The number of hydrogen-bond donors (Lipinski definition) is 1. The van der Waals surface area contributed by atoms with Crippen molar-refractivity contribution in [3.63, 3.8) is 0 Å². The van der Waals surface area contributed by atoms with Gasteiger partial charge in [0, 0.05) is 17.3 Å². The Morgan fingerprint density at radius 2 is 1.71 bits per heavy atom. The molecule has 0 aliphatic carbocycles. The minimum atomic E-state index is -3.51. The predicted molar refractivity (Wildman–Crippen MR) is 99.9 cm³/mol. The first-order valence-electron chi connectivity index (χ1n) is 7.66. The molecule has 1 aromatic heterocycles. The van der Waals surface area contributed by atoms with Crippen LogP contribution in [0.3, 0.4) is 0 Å². The lowest BCUT2D eigenvalue weighted by Crippen LogP contribution is -2.34. The minimum absolute atomic E-state index is 0.0281. The van der Waals surface area contributed by atoms with Crippen molar-refractivity contribution in [2.75, 3.05) is 20.6 Å². The largest absolute Gasteiger partial charge is 0.301 e. The Bertz CT molecular complexity index is 918. The van der Waals surface area contributed by atoms with Crippen LogP contribution in [0.1, 0.15) is 11.6 Å². The van der Waals surface area contributed by atoms with Crippen molar-refractivity contribution < 1.29 is 8.42 Å². The van der Waals surface area contributed by atoms with E-state index < -0.39 is 10.0 Å². The second-order valence-electron chi connectivity index (χ2n) is 5.83. The Balaban J connectivity index is 1.85. The van der Waals surface area contributed by atoms with Crippen LogP contribution >= 0.6 is 11.3 Å². The van der Waals surface area contributed by atoms with E-state index in [1.54, 1.807) is 41.7 Å². The van der Waals surface area contributed by atoms with Gasteiger partial charge in [0.25, 0.3) is 0 Å². The van der Waals surface area contributed by atoms with Gasteiger partial charge in [-0.25, -0.2) is 13.1 Å². The number of sulfonamides is 1. The van der Waals surface area contributed by atoms with Crippen molar-refractivity contribution in [1.29, 1.82) is 0 Å². The molecule has 0 saturated heterocycles. The van der Waals surface area contributed by atoms with Crippen molar-refractivity contribution in [2.24, 2.45) is 0 Å². The van der Waals surface area contributed by atoms with Gasteiger partial charge in [0.2, 0.25) is 10.0 Å². The molecule has 0 bridgehead atoms. The van der Waals surface area contributed by atoms with Crippen LogP contribution in [0.5, 0.6) is 0 Å². The summed E-state index contributed by atoms with van der Waals surface area (Å²) >= 11 is 1.69. The molecule has 0 spiro atoms. The number of thiophene rings is 1. The first-order valence-corrected chi connectivity index (χ1v) is 10.0. The molecule has 0 aliphatic heterocycles. The van der Waals surface area contributed by atoms with Gasteiger partial charge in [-0.3, -0.25) is 0 Å². The van der Waals surface area contributed by atoms with Crippen LogP contribution < -0.4 is 4.72 Å². The van der Waals surface area contributed by atoms with Crippen molar-refractivity contribution >= 4 is 31.4 Å². The Kier molecular flexibility index (Phi) is 5.01. The van der Waals surface area contributed by atoms with E-state index in [1.807, 2.05) is 31.1 Å². The molecule has 24 heavy (non-hydrogen) atoms. The fourth-order valence-corrected chi connectivity index (χ4v) is 4.77. The van der Waals surface area contributed by atoms with E-state index in [4.69, 9.17) is 0 Å². The van der Waals surface area contributed by atoms with E-state index >= 15 is 0 Å². The zero-order valence-electron chi connectivity index (χ0n) is 13.6. The lowest BCUT2D eigenvalue weighted by Gasteiger charge is -2.24. The van der Waals surface area contributed by atoms with Crippen molar-refractivity contribution in [3.8, 4) is 0 Å². The Hall–Kier alpha value is -1.73. The first-order chi connectivity index (χ1) is 11.5. The number of rotatable bonds is 6. The van der Waals surface area contributed by atoms with Crippen LogP contribution in [-0.4, -0.2) is 34.0 Å². The third-order valence-corrected chi connectivity index (χ3v) is 6.43. The fourth-order valence-electron chi connectivity index (χ4n) is 2.70. The van der Waals surface area contributed by atoms with Crippen molar-refractivity contribution in [1.82, 2.24) is 9.62 Å². The average molecular weight is 361 g/mol. The van der Waals surface area contributed by atoms with Crippen LogP contribution in [0.4, 0.5) is 0 Å². The van der Waals surface area contributed by atoms with Gasteiger partial charge >= 0.3 is 0 Å². The fraction of sp³-hybridized carbons (Fsp3) is 0.222. The molecule has 0 amide bonds. The summed E-state index contributed by atoms with van der Waals surface area (Å²) in [5.41, 5.74) is 1.15. The molecule has 1 atom stereocenters. The lowest BCUT2D eigenvalue weighted by molar-refractivity contribution is 0.301. The number of nitrogens with zero attached hydrogens (tertiary/aromatic N) is 1. The Morgan fingerprint density at radius 3 is 2.42 bits per heavy atom. The zero-order valence-corrected chi connectivity index (χ0v) is 15.3. The lowest BCUT2D eigenvalue weighted by atomic mass is 10.1. The van der Waals surface area contributed by atoms with Crippen molar-refractivity contribution in [2.45, 2.75) is 10.9 Å². The summed E-state index contributed by atoms with van der Waals surface area (Å²) in [5.74, 6) is 0. The molecule has 6 heteroatoms. The van der Waals surface area contributed by atoms with Crippen LogP contribution in [-0.2, 0) is 10.0 Å². The number of likely N-dealkylation sites (N-methyl/N-ethyl adjacent to an activating group) is 1. The van der Waals surface area contributed by atoms with Gasteiger partial charge in [-0.15, -0.1) is 11.3 Å². The average Bonchev–Trinajstić information content (AvgIpc) is 3.00. The van der Waals surface area contributed by atoms with E-state index in [2.05, 4.69) is 22.2 Å². The number of fused-ring (bicyclic) bond motifs is 1. The molecule has 4 nitrogen and oxygen atoms in total.